The molecule has 0 radical (unpaired) electrons. The second-order valence-corrected chi connectivity index (χ2v) is 19.8. The van der Waals surface area contributed by atoms with Crippen molar-refractivity contribution in [3.63, 3.8) is 0 Å². The van der Waals surface area contributed by atoms with E-state index in [0.29, 0.717) is 27.7 Å². The van der Waals surface area contributed by atoms with Crippen molar-refractivity contribution in [1.82, 2.24) is 14.4 Å². The van der Waals surface area contributed by atoms with E-state index >= 15 is 0 Å². The minimum absolute atomic E-state index is 0.0285. The highest BCUT2D eigenvalue weighted by Gasteiger charge is 2.23. The summed E-state index contributed by atoms with van der Waals surface area (Å²) in [5.41, 5.74) is 3.24. The molecule has 0 saturated heterocycles. The van der Waals surface area contributed by atoms with E-state index in [-0.39, 0.29) is 85.2 Å². The lowest BCUT2D eigenvalue weighted by atomic mass is 10.1. The lowest BCUT2D eigenvalue weighted by Crippen LogP contribution is -2.08. The number of hydrogen-bond acceptors (Lipinski definition) is 18. The van der Waals surface area contributed by atoms with Crippen molar-refractivity contribution in [1.29, 1.82) is 5.26 Å². The van der Waals surface area contributed by atoms with E-state index < -0.39 is 45.9 Å². The van der Waals surface area contributed by atoms with Crippen molar-refractivity contribution in [3.05, 3.63) is 114 Å². The average Bonchev–Trinajstić information content (AvgIpc) is 3.88. The van der Waals surface area contributed by atoms with Gasteiger partial charge in [-0.1, -0.05) is 65.9 Å². The van der Waals surface area contributed by atoms with Crippen LogP contribution in [0.4, 0.5) is 32.9 Å². The molecule has 0 spiro atoms. The first-order chi connectivity index (χ1) is 31.8. The number of azo groups is 3. The summed E-state index contributed by atoms with van der Waals surface area (Å²) < 4.78 is 109. The average molecular weight is 981 g/mol. The highest BCUT2D eigenvalue weighted by atomic mass is 32.2. The fourth-order valence-corrected chi connectivity index (χ4v) is 9.55. The molecule has 3 heterocycles. The first-order valence-electron chi connectivity index (χ1n) is 19.4. The number of nitrogens with zero attached hydrogens (tertiary/aromatic N) is 10. The molecule has 0 saturated carbocycles. The number of rotatable bonds is 14. The fourth-order valence-electron chi connectivity index (χ4n) is 6.91. The number of hydrogen-bond donors (Lipinski definition) is 4. The molecular weight excluding hydrogens is 949 g/mol. The molecule has 0 aliphatic carbocycles. The monoisotopic (exact) mass is 980 g/mol. The van der Waals surface area contributed by atoms with Gasteiger partial charge in [0, 0.05) is 28.0 Å². The number of thiazole rings is 1. The van der Waals surface area contributed by atoms with E-state index in [1.807, 2.05) is 0 Å². The number of imidazole rings is 1. The van der Waals surface area contributed by atoms with Gasteiger partial charge in [0.15, 0.2) is 16.3 Å². The van der Waals surface area contributed by atoms with Crippen molar-refractivity contribution in [2.45, 2.75) is 30.1 Å². The zero-order valence-electron chi connectivity index (χ0n) is 34.6. The molecule has 4 N–H and O–H groups in total. The Hall–Kier alpha value is -7.44. The van der Waals surface area contributed by atoms with Crippen molar-refractivity contribution < 1.29 is 48.8 Å². The quantitative estimate of drug-likeness (QED) is 0.0447. The number of ether oxygens (including phenoxy) is 1. The number of aryl methyl sites for hydroxylation is 1. The first kappa shape index (κ1) is 46.1. The standard InChI is InChI=1S/C42H32N10O11S4/c1-23-18-32(48-49-37-24(2)29(22-43)39-44-30-13-6-7-14-33(30)52(39)41(37)53)34(63-16-9-17-65(54,55)56)21-31(23)47-51-42-45-38(25-10-4-3-5-11-25)40(64-42)50-46-26-19-28-27(36(20-26)67(60,61)62)12-8-15-35(28)66(57,58)59/h3-8,10-15,18-21,53H,9,16-17H2,1-2H3,(H,54,55,56)(H,57,58,59)(H,60,61,62). The van der Waals surface area contributed by atoms with Crippen molar-refractivity contribution in [3.8, 4) is 29.0 Å². The smallest absolute Gasteiger partial charge is 0.295 e. The number of aromatic hydroxyl groups is 1. The van der Waals surface area contributed by atoms with Crippen LogP contribution in [-0.4, -0.2) is 70.7 Å². The van der Waals surface area contributed by atoms with Crippen molar-refractivity contribution >= 4 is 102 Å². The first-order valence-corrected chi connectivity index (χ1v) is 24.7. The number of para-hydroxylation sites is 2. The largest absolute Gasteiger partial charge is 0.493 e. The molecule has 340 valence electrons. The Balaban J connectivity index is 1.18. The molecule has 0 aliphatic rings. The normalized spacial score (nSPS) is 12.7. The molecule has 0 amide bonds. The third-order valence-electron chi connectivity index (χ3n) is 9.99. The molecule has 8 aromatic rings. The van der Waals surface area contributed by atoms with Gasteiger partial charge in [0.2, 0.25) is 11.0 Å². The predicted octanol–water partition coefficient (Wildman–Crippen LogP) is 10.4. The van der Waals surface area contributed by atoms with E-state index in [1.54, 1.807) is 74.5 Å². The van der Waals surface area contributed by atoms with E-state index in [1.165, 1.54) is 28.7 Å². The Labute approximate surface area is 384 Å². The molecule has 0 atom stereocenters. The van der Waals surface area contributed by atoms with Gasteiger partial charge in [0.1, 0.15) is 38.6 Å². The Morgan fingerprint density at radius 1 is 0.746 bits per heavy atom. The number of nitriles is 1. The molecule has 25 heteroatoms. The van der Waals surface area contributed by atoms with Crippen molar-refractivity contribution in [2.24, 2.45) is 30.7 Å². The van der Waals surface area contributed by atoms with Crippen LogP contribution in [0.2, 0.25) is 0 Å². The minimum Gasteiger partial charge on any atom is -0.493 e. The number of benzene rings is 5. The van der Waals surface area contributed by atoms with Gasteiger partial charge in [-0.25, -0.2) is 9.97 Å². The summed E-state index contributed by atoms with van der Waals surface area (Å²) in [5, 5.41) is 47.2. The summed E-state index contributed by atoms with van der Waals surface area (Å²) in [6.07, 6.45) is -0.104. The molecule has 3 aromatic heterocycles. The summed E-state index contributed by atoms with van der Waals surface area (Å²) >= 11 is 0.925. The summed E-state index contributed by atoms with van der Waals surface area (Å²) in [6.45, 7) is 3.08. The maximum absolute atomic E-state index is 12.4. The van der Waals surface area contributed by atoms with Crippen molar-refractivity contribution in [2.75, 3.05) is 12.4 Å². The van der Waals surface area contributed by atoms with Crippen LogP contribution in [0.25, 0.3) is 38.7 Å². The molecule has 0 fully saturated rings. The third-order valence-corrected chi connectivity index (χ3v) is 13.4. The Kier molecular flexibility index (Phi) is 12.4. The molecule has 67 heavy (non-hydrogen) atoms. The van der Waals surface area contributed by atoms with Crippen LogP contribution in [-0.2, 0) is 30.4 Å². The number of aromatic nitrogens is 3. The van der Waals surface area contributed by atoms with Gasteiger partial charge >= 0.3 is 0 Å². The van der Waals surface area contributed by atoms with Crippen LogP contribution in [0.15, 0.2) is 138 Å². The SMILES string of the molecule is Cc1cc(N=Nc2c(C)c(C#N)c3nc4ccccc4n3c2O)c(OCCCS(=O)(=O)O)cc1N=Nc1nc(-c2ccccc2)c(N=Nc2cc(S(=O)(=O)O)c3cccc(S(=O)(=O)O)c3c2)s1. The van der Waals surface area contributed by atoms with Crippen LogP contribution >= 0.6 is 11.3 Å². The minimum atomic E-state index is -4.93. The van der Waals surface area contributed by atoms with E-state index in [9.17, 15) is 49.3 Å². The number of fused-ring (bicyclic) bond motifs is 4. The second kappa shape index (κ2) is 18.1. The Morgan fingerprint density at radius 3 is 2.18 bits per heavy atom. The number of pyridine rings is 1. The lowest BCUT2D eigenvalue weighted by molar-refractivity contribution is 0.317. The zero-order valence-corrected chi connectivity index (χ0v) is 37.9. The van der Waals surface area contributed by atoms with Gasteiger partial charge in [-0.15, -0.1) is 30.7 Å². The lowest BCUT2D eigenvalue weighted by Gasteiger charge is -2.11. The van der Waals surface area contributed by atoms with Crippen LogP contribution in [0, 0.1) is 25.2 Å². The molecule has 0 unspecified atom stereocenters. The van der Waals surface area contributed by atoms with Gasteiger partial charge in [0.25, 0.3) is 30.4 Å². The van der Waals surface area contributed by atoms with E-state index in [0.717, 1.165) is 23.5 Å². The van der Waals surface area contributed by atoms with Gasteiger partial charge in [-0.05, 0) is 62.2 Å². The summed E-state index contributed by atoms with van der Waals surface area (Å²) in [4.78, 5) is 7.82. The highest BCUT2D eigenvalue weighted by molar-refractivity contribution is 7.86. The van der Waals surface area contributed by atoms with Gasteiger partial charge in [-0.2, -0.15) is 30.5 Å². The summed E-state index contributed by atoms with van der Waals surface area (Å²) in [6, 6.07) is 26.6. The third kappa shape index (κ3) is 9.76. The van der Waals surface area contributed by atoms with Crippen LogP contribution in [0.5, 0.6) is 11.6 Å². The summed E-state index contributed by atoms with van der Waals surface area (Å²) in [5.74, 6) is -0.863. The maximum atomic E-state index is 12.4. The Bertz CT molecular complexity index is 3790. The van der Waals surface area contributed by atoms with Crippen LogP contribution in [0.3, 0.4) is 0 Å². The summed E-state index contributed by atoms with van der Waals surface area (Å²) in [7, 11) is -14.1. The highest BCUT2D eigenvalue weighted by Crippen LogP contribution is 2.44. The van der Waals surface area contributed by atoms with Gasteiger partial charge < -0.3 is 9.84 Å². The zero-order chi connectivity index (χ0) is 47.8. The topological polar surface area (TPSA) is 321 Å². The van der Waals surface area contributed by atoms with E-state index in [2.05, 4.69) is 46.7 Å². The Morgan fingerprint density at radius 2 is 1.46 bits per heavy atom. The fraction of sp³-hybridized carbons (Fsp3) is 0.119. The van der Waals surface area contributed by atoms with Crippen LogP contribution in [0.1, 0.15) is 23.1 Å². The molecule has 0 bridgehead atoms. The molecule has 5 aromatic carbocycles. The predicted molar refractivity (Wildman–Crippen MR) is 245 cm³/mol. The molecule has 8 rings (SSSR count). The second-order valence-electron chi connectivity index (χ2n) is 14.5. The van der Waals surface area contributed by atoms with Gasteiger partial charge in [-0.3, -0.25) is 18.1 Å². The molecule has 21 nitrogen and oxygen atoms in total. The maximum Gasteiger partial charge on any atom is 0.295 e. The molecular formula is C42H32N10O11S4. The molecule has 0 aliphatic heterocycles. The van der Waals surface area contributed by atoms with Gasteiger partial charge in [0.05, 0.1) is 34.8 Å². The van der Waals surface area contributed by atoms with Crippen LogP contribution < -0.4 is 4.74 Å². The van der Waals surface area contributed by atoms with E-state index in [4.69, 9.17) is 4.74 Å².